The lowest BCUT2D eigenvalue weighted by Crippen LogP contribution is -2.44. The summed E-state index contributed by atoms with van der Waals surface area (Å²) in [6.45, 7) is 1.93. The summed E-state index contributed by atoms with van der Waals surface area (Å²) in [6.07, 6.45) is 2.36. The van der Waals surface area contributed by atoms with Crippen LogP contribution in [0.5, 0.6) is 0 Å². The van der Waals surface area contributed by atoms with Crippen molar-refractivity contribution >= 4 is 53.2 Å². The summed E-state index contributed by atoms with van der Waals surface area (Å²) in [5, 5.41) is 4.92. The van der Waals surface area contributed by atoms with Gasteiger partial charge in [-0.15, -0.1) is 12.4 Å². The van der Waals surface area contributed by atoms with E-state index in [1.807, 2.05) is 0 Å². The Labute approximate surface area is 166 Å². The maximum atomic E-state index is 12.5. The van der Waals surface area contributed by atoms with E-state index in [9.17, 15) is 4.79 Å². The molecule has 3 rings (SSSR count). The molecule has 0 aliphatic heterocycles. The Morgan fingerprint density at radius 2 is 1.92 bits per heavy atom. The molecule has 1 saturated carbocycles. The minimum absolute atomic E-state index is 0. The summed E-state index contributed by atoms with van der Waals surface area (Å²) in [7, 11) is 0. The number of esters is 1. The summed E-state index contributed by atoms with van der Waals surface area (Å²) < 4.78 is 10.6. The number of carbonyl (C=O) groups excluding carboxylic acids is 1. The SMILES string of the molecule is CCOC(=O)c1c(-c2c(Cl)cc(Cl)cc2Cl)noc1C1(N)CCC1.Cl. The Kier molecular flexibility index (Phi) is 6.28. The van der Waals surface area contributed by atoms with Crippen molar-refractivity contribution in [2.45, 2.75) is 31.7 Å². The Morgan fingerprint density at radius 1 is 1.32 bits per heavy atom. The summed E-state index contributed by atoms with van der Waals surface area (Å²) in [6, 6.07) is 3.05. The number of hydrogen-bond acceptors (Lipinski definition) is 5. The van der Waals surface area contributed by atoms with E-state index < -0.39 is 11.5 Å². The monoisotopic (exact) mass is 424 g/mol. The maximum absolute atomic E-state index is 12.5. The number of carbonyl (C=O) groups is 1. The number of aromatic nitrogens is 1. The highest BCUT2D eigenvalue weighted by atomic mass is 35.5. The van der Waals surface area contributed by atoms with Gasteiger partial charge in [-0.2, -0.15) is 0 Å². The Morgan fingerprint density at radius 3 is 2.40 bits per heavy atom. The average Bonchev–Trinajstić information content (AvgIpc) is 2.89. The van der Waals surface area contributed by atoms with Crippen LogP contribution in [0.3, 0.4) is 0 Å². The first-order valence-corrected chi connectivity index (χ1v) is 8.62. The van der Waals surface area contributed by atoms with Crippen molar-refractivity contribution in [3.63, 3.8) is 0 Å². The van der Waals surface area contributed by atoms with Crippen LogP contribution in [0, 0.1) is 0 Å². The molecule has 1 aliphatic rings. The van der Waals surface area contributed by atoms with Crippen molar-refractivity contribution in [3.05, 3.63) is 38.5 Å². The maximum Gasteiger partial charge on any atom is 0.344 e. The molecule has 25 heavy (non-hydrogen) atoms. The fraction of sp³-hybridized carbons (Fsp3) is 0.375. The summed E-state index contributed by atoms with van der Waals surface area (Å²) in [5.41, 5.74) is 6.35. The second-order valence-corrected chi connectivity index (χ2v) is 6.96. The van der Waals surface area contributed by atoms with Crippen LogP contribution in [-0.2, 0) is 10.3 Å². The van der Waals surface area contributed by atoms with E-state index in [0.29, 0.717) is 29.2 Å². The fourth-order valence-corrected chi connectivity index (χ4v) is 3.74. The Hall–Kier alpha value is -0.980. The second-order valence-electron chi connectivity index (χ2n) is 5.71. The molecule has 0 atom stereocenters. The van der Waals surface area contributed by atoms with E-state index in [1.54, 1.807) is 6.92 Å². The number of nitrogens with two attached hydrogens (primary N) is 1. The molecule has 1 fully saturated rings. The van der Waals surface area contributed by atoms with Gasteiger partial charge in [0, 0.05) is 10.6 Å². The standard InChI is InChI=1S/C16H15Cl3N2O3.ClH/c1-2-23-15(22)12-13(11-9(18)6-8(17)7-10(11)19)21-24-14(12)16(20)4-3-5-16;/h6-7H,2-5,20H2,1H3;1H. The topological polar surface area (TPSA) is 78.3 Å². The van der Waals surface area contributed by atoms with Crippen molar-refractivity contribution in [3.8, 4) is 11.3 Å². The van der Waals surface area contributed by atoms with Crippen LogP contribution in [0.4, 0.5) is 0 Å². The van der Waals surface area contributed by atoms with Crippen LogP contribution < -0.4 is 5.73 Å². The highest BCUT2D eigenvalue weighted by Crippen LogP contribution is 2.45. The Bertz CT molecular complexity index is 780. The normalized spacial score (nSPS) is 15.2. The molecular weight excluding hydrogens is 410 g/mol. The molecule has 0 spiro atoms. The first-order valence-electron chi connectivity index (χ1n) is 7.48. The van der Waals surface area contributed by atoms with Gasteiger partial charge in [0.25, 0.3) is 0 Å². The highest BCUT2D eigenvalue weighted by molar-refractivity contribution is 6.42. The molecule has 2 N–H and O–H groups in total. The van der Waals surface area contributed by atoms with Crippen LogP contribution in [0.25, 0.3) is 11.3 Å². The van der Waals surface area contributed by atoms with Gasteiger partial charge in [-0.3, -0.25) is 0 Å². The van der Waals surface area contributed by atoms with Crippen LogP contribution >= 0.6 is 47.2 Å². The van der Waals surface area contributed by atoms with Gasteiger partial charge in [-0.05, 0) is 38.3 Å². The quantitative estimate of drug-likeness (QED) is 0.677. The lowest BCUT2D eigenvalue weighted by molar-refractivity contribution is 0.0517. The molecular formula is C16H16Cl4N2O3. The summed E-state index contributed by atoms with van der Waals surface area (Å²) in [5.74, 6) is -0.258. The molecule has 5 nitrogen and oxygen atoms in total. The third-order valence-electron chi connectivity index (χ3n) is 4.11. The van der Waals surface area contributed by atoms with Crippen LogP contribution in [0.2, 0.25) is 15.1 Å². The molecule has 0 saturated heterocycles. The molecule has 1 aromatic carbocycles. The first kappa shape index (κ1) is 20.3. The van der Waals surface area contributed by atoms with Gasteiger partial charge in [0.1, 0.15) is 11.3 Å². The summed E-state index contributed by atoms with van der Waals surface area (Å²) >= 11 is 18.5. The molecule has 0 amide bonds. The van der Waals surface area contributed by atoms with Gasteiger partial charge in [0.15, 0.2) is 5.76 Å². The summed E-state index contributed by atoms with van der Waals surface area (Å²) in [4.78, 5) is 12.5. The van der Waals surface area contributed by atoms with Crippen LogP contribution in [-0.4, -0.2) is 17.7 Å². The number of ether oxygens (including phenoxy) is 1. The number of hydrogen-bond donors (Lipinski definition) is 1. The van der Waals surface area contributed by atoms with Gasteiger partial charge < -0.3 is 15.0 Å². The Balaban J connectivity index is 0.00000225. The molecule has 0 bridgehead atoms. The molecule has 9 heteroatoms. The van der Waals surface area contributed by atoms with Crippen molar-refractivity contribution in [2.75, 3.05) is 6.61 Å². The van der Waals surface area contributed by atoms with Crippen molar-refractivity contribution < 1.29 is 14.1 Å². The third-order valence-corrected chi connectivity index (χ3v) is 4.93. The number of halogens is 4. The van der Waals surface area contributed by atoms with E-state index in [1.165, 1.54) is 12.1 Å². The van der Waals surface area contributed by atoms with Crippen molar-refractivity contribution in [1.82, 2.24) is 5.16 Å². The number of rotatable bonds is 4. The smallest absolute Gasteiger partial charge is 0.344 e. The van der Waals surface area contributed by atoms with Gasteiger partial charge in [-0.25, -0.2) is 4.79 Å². The predicted molar refractivity (Wildman–Crippen MR) is 99.9 cm³/mol. The fourth-order valence-electron chi connectivity index (χ4n) is 2.75. The zero-order chi connectivity index (χ0) is 17.5. The van der Waals surface area contributed by atoms with Crippen molar-refractivity contribution in [1.29, 1.82) is 0 Å². The molecule has 0 unspecified atom stereocenters. The zero-order valence-electron chi connectivity index (χ0n) is 13.3. The van der Waals surface area contributed by atoms with Crippen molar-refractivity contribution in [2.24, 2.45) is 5.73 Å². The van der Waals surface area contributed by atoms with Gasteiger partial charge in [0.05, 0.1) is 22.2 Å². The van der Waals surface area contributed by atoms with Gasteiger partial charge in [0.2, 0.25) is 0 Å². The minimum atomic E-state index is -0.723. The zero-order valence-corrected chi connectivity index (χ0v) is 16.4. The average molecular weight is 426 g/mol. The van der Waals surface area contributed by atoms with E-state index >= 15 is 0 Å². The van der Waals surface area contributed by atoms with E-state index in [0.717, 1.165) is 6.42 Å². The third kappa shape index (κ3) is 3.62. The minimum Gasteiger partial charge on any atom is -0.462 e. The van der Waals surface area contributed by atoms with Crippen LogP contribution in [0.15, 0.2) is 16.7 Å². The van der Waals surface area contributed by atoms with E-state index in [4.69, 9.17) is 49.8 Å². The van der Waals surface area contributed by atoms with E-state index in [2.05, 4.69) is 5.16 Å². The number of nitrogens with zero attached hydrogens (tertiary/aromatic N) is 1. The van der Waals surface area contributed by atoms with Crippen LogP contribution in [0.1, 0.15) is 42.3 Å². The lowest BCUT2D eigenvalue weighted by atomic mass is 9.74. The highest BCUT2D eigenvalue weighted by Gasteiger charge is 2.43. The largest absolute Gasteiger partial charge is 0.462 e. The molecule has 2 aromatic rings. The molecule has 1 aromatic heterocycles. The second kappa shape index (κ2) is 7.72. The molecule has 136 valence electrons. The predicted octanol–water partition coefficient (Wildman–Crippen LogP) is 5.24. The molecule has 0 radical (unpaired) electrons. The number of benzene rings is 1. The van der Waals surface area contributed by atoms with Gasteiger partial charge in [-0.1, -0.05) is 40.0 Å². The lowest BCUT2D eigenvalue weighted by Gasteiger charge is -2.35. The molecule has 1 aliphatic carbocycles. The van der Waals surface area contributed by atoms with Gasteiger partial charge >= 0.3 is 5.97 Å². The first-order chi connectivity index (χ1) is 11.4. The van der Waals surface area contributed by atoms with E-state index in [-0.39, 0.29) is 40.3 Å². The molecule has 1 heterocycles.